The number of halogens is 1. The molecule has 2 N–H and O–H groups in total. The van der Waals surface area contributed by atoms with E-state index in [0.717, 1.165) is 0 Å². The summed E-state index contributed by atoms with van der Waals surface area (Å²) in [5, 5.41) is 5.25. The molecule has 1 aliphatic rings. The molecule has 0 radical (unpaired) electrons. The highest BCUT2D eigenvalue weighted by molar-refractivity contribution is 7.91. The van der Waals surface area contributed by atoms with Gasteiger partial charge in [0.1, 0.15) is 5.82 Å². The van der Waals surface area contributed by atoms with Crippen LogP contribution in [0.15, 0.2) is 48.5 Å². The van der Waals surface area contributed by atoms with Crippen molar-refractivity contribution in [3.05, 3.63) is 65.5 Å². The Morgan fingerprint density at radius 2 is 1.65 bits per heavy atom. The number of carbonyl (C=O) groups excluding carboxylic acids is 2. The summed E-state index contributed by atoms with van der Waals surface area (Å²) < 4.78 is 36.0. The fraction of sp³-hybridized carbons (Fsp3) is 0.222. The molecule has 3 rings (SSSR count). The van der Waals surface area contributed by atoms with Crippen LogP contribution in [0.1, 0.15) is 27.1 Å². The first-order chi connectivity index (χ1) is 12.3. The Morgan fingerprint density at radius 3 is 2.23 bits per heavy atom. The zero-order valence-corrected chi connectivity index (χ0v) is 14.6. The van der Waals surface area contributed by atoms with E-state index in [2.05, 4.69) is 10.6 Å². The summed E-state index contributed by atoms with van der Waals surface area (Å²) in [6, 6.07) is 11.1. The third kappa shape index (κ3) is 4.45. The molecule has 0 saturated carbocycles. The van der Waals surface area contributed by atoms with Gasteiger partial charge in [-0.15, -0.1) is 0 Å². The largest absolute Gasteiger partial charge is 0.348 e. The van der Waals surface area contributed by atoms with E-state index in [9.17, 15) is 22.4 Å². The summed E-state index contributed by atoms with van der Waals surface area (Å²) in [6.45, 7) is 0. The predicted molar refractivity (Wildman–Crippen MR) is 95.3 cm³/mol. The van der Waals surface area contributed by atoms with Gasteiger partial charge in [-0.25, -0.2) is 12.8 Å². The maximum absolute atomic E-state index is 13.1. The van der Waals surface area contributed by atoms with Crippen molar-refractivity contribution in [3.63, 3.8) is 0 Å². The minimum atomic E-state index is -3.07. The van der Waals surface area contributed by atoms with Crippen molar-refractivity contribution in [2.24, 2.45) is 0 Å². The number of anilines is 1. The van der Waals surface area contributed by atoms with Crippen LogP contribution in [0.4, 0.5) is 10.1 Å². The molecular formula is C18H17FN2O4S. The molecule has 2 amide bonds. The van der Waals surface area contributed by atoms with Crippen LogP contribution in [0.3, 0.4) is 0 Å². The third-order valence-electron chi connectivity index (χ3n) is 4.06. The van der Waals surface area contributed by atoms with E-state index in [1.165, 1.54) is 42.5 Å². The number of carbonyl (C=O) groups is 2. The Labute approximate surface area is 150 Å². The average Bonchev–Trinajstić information content (AvgIpc) is 2.93. The van der Waals surface area contributed by atoms with Crippen molar-refractivity contribution in [3.8, 4) is 0 Å². The lowest BCUT2D eigenvalue weighted by Crippen LogP contribution is -2.35. The van der Waals surface area contributed by atoms with E-state index in [4.69, 9.17) is 0 Å². The number of sulfone groups is 1. The number of hydrogen-bond acceptors (Lipinski definition) is 4. The van der Waals surface area contributed by atoms with Crippen LogP contribution in [0.25, 0.3) is 0 Å². The Hall–Kier alpha value is -2.74. The highest BCUT2D eigenvalue weighted by Gasteiger charge is 2.29. The lowest BCUT2D eigenvalue weighted by molar-refractivity contribution is 0.0939. The number of rotatable bonds is 4. The maximum Gasteiger partial charge on any atom is 0.255 e. The van der Waals surface area contributed by atoms with Crippen molar-refractivity contribution in [2.75, 3.05) is 16.8 Å². The molecule has 2 aromatic rings. The van der Waals surface area contributed by atoms with Crippen LogP contribution < -0.4 is 10.6 Å². The molecule has 136 valence electrons. The molecule has 0 bridgehead atoms. The molecule has 1 fully saturated rings. The Bertz CT molecular complexity index is 942. The standard InChI is InChI=1S/C18H17FN2O4S/c19-14-2-1-3-15(10-14)20-17(22)12-4-6-13(7-5-12)18(23)21-16-8-9-26(24,25)11-16/h1-7,10,16H,8-9,11H2,(H,20,22)(H,21,23). The fourth-order valence-corrected chi connectivity index (χ4v) is 4.39. The van der Waals surface area contributed by atoms with E-state index >= 15 is 0 Å². The number of benzene rings is 2. The summed E-state index contributed by atoms with van der Waals surface area (Å²) in [7, 11) is -3.07. The van der Waals surface area contributed by atoms with Crippen LogP contribution in [-0.4, -0.2) is 37.8 Å². The Balaban J connectivity index is 1.62. The van der Waals surface area contributed by atoms with Gasteiger partial charge in [-0.3, -0.25) is 9.59 Å². The molecule has 1 atom stereocenters. The van der Waals surface area contributed by atoms with Gasteiger partial charge < -0.3 is 10.6 Å². The van der Waals surface area contributed by atoms with Gasteiger partial charge in [0.2, 0.25) is 0 Å². The minimum Gasteiger partial charge on any atom is -0.348 e. The molecule has 26 heavy (non-hydrogen) atoms. The number of amides is 2. The second kappa shape index (κ2) is 7.25. The van der Waals surface area contributed by atoms with Crippen molar-refractivity contribution >= 4 is 27.3 Å². The molecule has 2 aromatic carbocycles. The maximum atomic E-state index is 13.1. The SMILES string of the molecule is O=C(Nc1cccc(F)c1)c1ccc(C(=O)NC2CCS(=O)(=O)C2)cc1. The van der Waals surface area contributed by atoms with Gasteiger partial charge in [0.05, 0.1) is 11.5 Å². The van der Waals surface area contributed by atoms with Gasteiger partial charge in [0.25, 0.3) is 11.8 Å². The molecule has 0 aliphatic carbocycles. The van der Waals surface area contributed by atoms with Crippen LogP contribution in [0.5, 0.6) is 0 Å². The average molecular weight is 376 g/mol. The second-order valence-electron chi connectivity index (χ2n) is 6.12. The summed E-state index contributed by atoms with van der Waals surface area (Å²) >= 11 is 0. The van der Waals surface area contributed by atoms with E-state index in [0.29, 0.717) is 23.2 Å². The lowest BCUT2D eigenvalue weighted by atomic mass is 10.1. The van der Waals surface area contributed by atoms with Crippen LogP contribution in [0.2, 0.25) is 0 Å². The van der Waals surface area contributed by atoms with Crippen LogP contribution >= 0.6 is 0 Å². The summed E-state index contributed by atoms with van der Waals surface area (Å²) in [5.74, 6) is -1.23. The molecule has 6 nitrogen and oxygen atoms in total. The van der Waals surface area contributed by atoms with Crippen molar-refractivity contribution < 1.29 is 22.4 Å². The molecule has 8 heteroatoms. The first-order valence-corrected chi connectivity index (χ1v) is 9.83. The molecule has 1 heterocycles. The second-order valence-corrected chi connectivity index (χ2v) is 8.34. The van der Waals surface area contributed by atoms with E-state index in [1.807, 2.05) is 0 Å². The summed E-state index contributed by atoms with van der Waals surface area (Å²) in [5.41, 5.74) is 0.977. The number of nitrogens with one attached hydrogen (secondary N) is 2. The van der Waals surface area contributed by atoms with E-state index < -0.39 is 21.6 Å². The molecule has 1 unspecified atom stereocenters. The van der Waals surface area contributed by atoms with Crippen molar-refractivity contribution in [2.45, 2.75) is 12.5 Å². The first-order valence-electron chi connectivity index (χ1n) is 8.01. The van der Waals surface area contributed by atoms with Gasteiger partial charge in [-0.05, 0) is 48.9 Å². The quantitative estimate of drug-likeness (QED) is 0.854. The zero-order chi connectivity index (χ0) is 18.7. The fourth-order valence-electron chi connectivity index (χ4n) is 2.72. The molecule has 0 spiro atoms. The normalized spacial score (nSPS) is 18.3. The van der Waals surface area contributed by atoms with Crippen LogP contribution in [0, 0.1) is 5.82 Å². The molecule has 1 saturated heterocycles. The summed E-state index contributed by atoms with van der Waals surface area (Å²) in [4.78, 5) is 24.3. The monoisotopic (exact) mass is 376 g/mol. The predicted octanol–water partition coefficient (Wildman–Crippen LogP) is 1.99. The Morgan fingerprint density at radius 1 is 1.00 bits per heavy atom. The van der Waals surface area contributed by atoms with Gasteiger partial charge in [-0.1, -0.05) is 6.07 Å². The smallest absolute Gasteiger partial charge is 0.255 e. The molecular weight excluding hydrogens is 359 g/mol. The van der Waals surface area contributed by atoms with Gasteiger partial charge in [-0.2, -0.15) is 0 Å². The van der Waals surface area contributed by atoms with Gasteiger partial charge in [0, 0.05) is 22.9 Å². The van der Waals surface area contributed by atoms with Crippen molar-refractivity contribution in [1.82, 2.24) is 5.32 Å². The van der Waals surface area contributed by atoms with E-state index in [1.54, 1.807) is 6.07 Å². The van der Waals surface area contributed by atoms with Crippen LogP contribution in [-0.2, 0) is 9.84 Å². The topological polar surface area (TPSA) is 92.3 Å². The number of hydrogen-bond donors (Lipinski definition) is 2. The Kier molecular flexibility index (Phi) is 5.03. The van der Waals surface area contributed by atoms with Gasteiger partial charge >= 0.3 is 0 Å². The van der Waals surface area contributed by atoms with Gasteiger partial charge in [0.15, 0.2) is 9.84 Å². The summed E-state index contributed by atoms with van der Waals surface area (Å²) in [6.07, 6.45) is 0.405. The highest BCUT2D eigenvalue weighted by Crippen LogP contribution is 2.14. The zero-order valence-electron chi connectivity index (χ0n) is 13.7. The molecule has 0 aromatic heterocycles. The van der Waals surface area contributed by atoms with Crippen molar-refractivity contribution in [1.29, 1.82) is 0 Å². The lowest BCUT2D eigenvalue weighted by Gasteiger charge is -2.11. The van der Waals surface area contributed by atoms with E-state index in [-0.39, 0.29) is 23.5 Å². The molecule has 1 aliphatic heterocycles. The minimum absolute atomic E-state index is 0.0487. The highest BCUT2D eigenvalue weighted by atomic mass is 32.2. The first kappa shape index (κ1) is 18.1. The third-order valence-corrected chi connectivity index (χ3v) is 5.83.